The van der Waals surface area contributed by atoms with Crippen LogP contribution in [0, 0.1) is 0 Å². The Labute approximate surface area is 169 Å². The van der Waals surface area contributed by atoms with E-state index in [1.165, 1.54) is 23.7 Å². The molecule has 3 aromatic rings. The van der Waals surface area contributed by atoms with Crippen molar-refractivity contribution in [3.8, 4) is 5.75 Å². The second kappa shape index (κ2) is 9.94. The number of hydrogen-bond acceptors (Lipinski definition) is 5. The van der Waals surface area contributed by atoms with Gasteiger partial charge in [-0.25, -0.2) is 4.98 Å². The van der Waals surface area contributed by atoms with Gasteiger partial charge in [0, 0.05) is 11.3 Å². The van der Waals surface area contributed by atoms with E-state index in [0.29, 0.717) is 30.4 Å². The predicted octanol–water partition coefficient (Wildman–Crippen LogP) is 4.03. The molecule has 0 atom stereocenters. The lowest BCUT2D eigenvalue weighted by atomic mass is 10.0. The number of aromatic nitrogens is 3. The minimum Gasteiger partial charge on any atom is -0.492 e. The van der Waals surface area contributed by atoms with Crippen LogP contribution in [0.4, 0.5) is 0 Å². The van der Waals surface area contributed by atoms with Crippen LogP contribution in [0.5, 0.6) is 5.75 Å². The smallest absolute Gasteiger partial charge is 0.251 e. The maximum Gasteiger partial charge on any atom is 0.251 e. The zero-order valence-electron chi connectivity index (χ0n) is 16.0. The number of H-pyrrole nitrogens is 1. The Hall–Kier alpha value is -2.80. The molecule has 0 saturated heterocycles. The first-order chi connectivity index (χ1) is 13.6. The van der Waals surface area contributed by atoms with Crippen molar-refractivity contribution in [1.82, 2.24) is 20.5 Å². The number of hydrogen-bond donors (Lipinski definition) is 2. The fraction of sp³-hybridized carbons (Fsp3) is 0.286. The number of rotatable bonds is 9. The van der Waals surface area contributed by atoms with Gasteiger partial charge >= 0.3 is 0 Å². The number of nitrogens with one attached hydrogen (secondary N) is 2. The van der Waals surface area contributed by atoms with Gasteiger partial charge in [0.2, 0.25) is 0 Å². The molecule has 146 valence electrons. The van der Waals surface area contributed by atoms with Crippen LogP contribution in [-0.4, -0.2) is 34.2 Å². The quantitative estimate of drug-likeness (QED) is 0.422. The lowest BCUT2D eigenvalue weighted by Crippen LogP contribution is -2.28. The van der Waals surface area contributed by atoms with E-state index in [4.69, 9.17) is 4.74 Å². The molecule has 2 aromatic carbocycles. The minimum absolute atomic E-state index is 0.104. The van der Waals surface area contributed by atoms with Crippen molar-refractivity contribution in [2.24, 2.45) is 0 Å². The summed E-state index contributed by atoms with van der Waals surface area (Å²) in [5.41, 5.74) is 2.89. The Morgan fingerprint density at radius 1 is 1.18 bits per heavy atom. The summed E-state index contributed by atoms with van der Waals surface area (Å²) < 4.78 is 5.72. The number of aromatic amines is 1. The molecule has 6 nitrogen and oxygen atoms in total. The third-order valence-electron chi connectivity index (χ3n) is 4.22. The molecule has 28 heavy (non-hydrogen) atoms. The Balaban J connectivity index is 1.48. The Bertz CT molecular complexity index is 880. The lowest BCUT2D eigenvalue weighted by Gasteiger charge is -2.11. The average molecular weight is 397 g/mol. The summed E-state index contributed by atoms with van der Waals surface area (Å²) in [6.45, 7) is 5.18. The number of ether oxygens (including phenoxy) is 1. The third-order valence-corrected chi connectivity index (χ3v) is 5.15. The number of thioether (sulfide) groups is 1. The van der Waals surface area contributed by atoms with E-state index < -0.39 is 0 Å². The zero-order valence-corrected chi connectivity index (χ0v) is 16.8. The molecule has 0 radical (unpaired) electrons. The van der Waals surface area contributed by atoms with Gasteiger partial charge in [0.1, 0.15) is 18.7 Å². The van der Waals surface area contributed by atoms with E-state index >= 15 is 0 Å². The van der Waals surface area contributed by atoms with Crippen molar-refractivity contribution in [1.29, 1.82) is 0 Å². The molecular formula is C21H24N4O2S. The van der Waals surface area contributed by atoms with Gasteiger partial charge in [-0.1, -0.05) is 55.9 Å². The van der Waals surface area contributed by atoms with Gasteiger partial charge in [0.25, 0.3) is 5.91 Å². The monoisotopic (exact) mass is 396 g/mol. The van der Waals surface area contributed by atoms with Crippen molar-refractivity contribution in [2.45, 2.75) is 30.7 Å². The van der Waals surface area contributed by atoms with Gasteiger partial charge < -0.3 is 10.1 Å². The van der Waals surface area contributed by atoms with E-state index in [9.17, 15) is 4.79 Å². The first-order valence-corrected chi connectivity index (χ1v) is 10.2. The van der Waals surface area contributed by atoms with E-state index in [1.807, 2.05) is 36.4 Å². The molecule has 0 unspecified atom stereocenters. The number of benzene rings is 2. The van der Waals surface area contributed by atoms with E-state index in [1.54, 1.807) is 0 Å². The van der Waals surface area contributed by atoms with Crippen LogP contribution in [0.3, 0.4) is 0 Å². The molecule has 3 rings (SSSR count). The summed E-state index contributed by atoms with van der Waals surface area (Å²) in [6, 6.07) is 15.6. The van der Waals surface area contributed by atoms with Crippen LogP contribution in [0.1, 0.15) is 41.3 Å². The molecule has 0 aliphatic rings. The molecule has 7 heteroatoms. The molecule has 1 aromatic heterocycles. The molecular weight excluding hydrogens is 372 g/mol. The standard InChI is InChI=1S/C21H24N4O2S/c1-15(2)16-7-9-18(10-8-16)27-12-11-22-20(26)19-6-4-3-5-17(19)13-28-21-23-14-24-25-21/h3-10,14-15H,11-13H2,1-2H3,(H,22,26)(H,23,24,25). The van der Waals surface area contributed by atoms with Crippen molar-refractivity contribution >= 4 is 17.7 Å². The number of carbonyl (C=O) groups is 1. The summed E-state index contributed by atoms with van der Waals surface area (Å²) in [4.78, 5) is 16.6. The van der Waals surface area contributed by atoms with E-state index in [0.717, 1.165) is 16.5 Å². The fourth-order valence-corrected chi connectivity index (χ4v) is 3.44. The van der Waals surface area contributed by atoms with Crippen molar-refractivity contribution < 1.29 is 9.53 Å². The molecule has 0 fully saturated rings. The number of amides is 1. The molecule has 1 amide bonds. The van der Waals surface area contributed by atoms with Crippen LogP contribution in [0.25, 0.3) is 0 Å². The maximum atomic E-state index is 12.5. The summed E-state index contributed by atoms with van der Waals surface area (Å²) in [5.74, 6) is 1.84. The predicted molar refractivity (Wildman–Crippen MR) is 111 cm³/mol. The summed E-state index contributed by atoms with van der Waals surface area (Å²) >= 11 is 1.51. The zero-order chi connectivity index (χ0) is 19.8. The molecule has 2 N–H and O–H groups in total. The van der Waals surface area contributed by atoms with Gasteiger partial charge in [-0.05, 0) is 35.2 Å². The highest BCUT2D eigenvalue weighted by Gasteiger charge is 2.11. The maximum absolute atomic E-state index is 12.5. The molecule has 0 bridgehead atoms. The lowest BCUT2D eigenvalue weighted by molar-refractivity contribution is 0.0946. The minimum atomic E-state index is -0.104. The number of carbonyl (C=O) groups excluding carboxylic acids is 1. The topological polar surface area (TPSA) is 79.9 Å². The van der Waals surface area contributed by atoms with Gasteiger partial charge in [-0.15, -0.1) is 0 Å². The first kappa shape index (κ1) is 19.9. The average Bonchev–Trinajstić information content (AvgIpc) is 3.24. The fourth-order valence-electron chi connectivity index (χ4n) is 2.66. The summed E-state index contributed by atoms with van der Waals surface area (Å²) in [6.07, 6.45) is 1.47. The normalized spacial score (nSPS) is 10.8. The highest BCUT2D eigenvalue weighted by molar-refractivity contribution is 7.98. The SMILES string of the molecule is CC(C)c1ccc(OCCNC(=O)c2ccccc2CSc2ncn[nH]2)cc1. The van der Waals surface area contributed by atoms with Gasteiger partial charge in [0.05, 0.1) is 6.54 Å². The Morgan fingerprint density at radius 2 is 1.96 bits per heavy atom. The van der Waals surface area contributed by atoms with Crippen LogP contribution < -0.4 is 10.1 Å². The van der Waals surface area contributed by atoms with E-state index in [-0.39, 0.29) is 5.91 Å². The molecule has 0 aliphatic carbocycles. The Kier molecular flexibility index (Phi) is 7.08. The third kappa shape index (κ3) is 5.60. The van der Waals surface area contributed by atoms with Crippen molar-refractivity contribution in [3.05, 3.63) is 71.5 Å². The van der Waals surface area contributed by atoms with Gasteiger partial charge in [-0.3, -0.25) is 9.89 Å². The van der Waals surface area contributed by atoms with Crippen LogP contribution in [-0.2, 0) is 5.75 Å². The highest BCUT2D eigenvalue weighted by atomic mass is 32.2. The second-order valence-corrected chi connectivity index (χ2v) is 7.53. The molecule has 1 heterocycles. The largest absolute Gasteiger partial charge is 0.492 e. The number of nitrogens with zero attached hydrogens (tertiary/aromatic N) is 2. The van der Waals surface area contributed by atoms with Gasteiger partial charge in [0.15, 0.2) is 5.16 Å². The summed E-state index contributed by atoms with van der Waals surface area (Å²) in [7, 11) is 0. The van der Waals surface area contributed by atoms with Crippen molar-refractivity contribution in [3.63, 3.8) is 0 Å². The van der Waals surface area contributed by atoms with Crippen LogP contribution in [0.15, 0.2) is 60.0 Å². The Morgan fingerprint density at radius 3 is 2.68 bits per heavy atom. The molecule has 0 aliphatic heterocycles. The highest BCUT2D eigenvalue weighted by Crippen LogP contribution is 2.21. The molecule has 0 saturated carbocycles. The van der Waals surface area contributed by atoms with Crippen molar-refractivity contribution in [2.75, 3.05) is 13.2 Å². The summed E-state index contributed by atoms with van der Waals surface area (Å²) in [5, 5.41) is 10.3. The van der Waals surface area contributed by atoms with Crippen LogP contribution >= 0.6 is 11.8 Å². The van der Waals surface area contributed by atoms with Crippen LogP contribution in [0.2, 0.25) is 0 Å². The van der Waals surface area contributed by atoms with Gasteiger partial charge in [-0.2, -0.15) is 5.10 Å². The second-order valence-electron chi connectivity index (χ2n) is 6.56. The van der Waals surface area contributed by atoms with E-state index in [2.05, 4.69) is 46.5 Å². The first-order valence-electron chi connectivity index (χ1n) is 9.20. The molecule has 0 spiro atoms.